The predicted octanol–water partition coefficient (Wildman–Crippen LogP) is 2.10. The molecule has 21 heavy (non-hydrogen) atoms. The minimum Gasteiger partial charge on any atom is -0.324 e. The molecule has 1 aromatic heterocycles. The summed E-state index contributed by atoms with van der Waals surface area (Å²) < 4.78 is 1.82. The molecule has 1 unspecified atom stereocenters. The van der Waals surface area contributed by atoms with Gasteiger partial charge in [-0.1, -0.05) is 18.2 Å². The molecule has 0 saturated heterocycles. The summed E-state index contributed by atoms with van der Waals surface area (Å²) in [5.41, 5.74) is 9.95. The molecule has 0 aliphatic heterocycles. The number of fused-ring (bicyclic) bond motifs is 1. The van der Waals surface area contributed by atoms with Crippen LogP contribution in [0, 0.1) is 11.3 Å². The Morgan fingerprint density at radius 3 is 2.71 bits per heavy atom. The maximum Gasteiger partial charge on any atom is 0.251 e. The number of nitrogens with zero attached hydrogens (tertiary/aromatic N) is 2. The van der Waals surface area contributed by atoms with Crippen LogP contribution in [0.4, 0.5) is 0 Å². The van der Waals surface area contributed by atoms with E-state index in [1.807, 2.05) is 22.8 Å². The summed E-state index contributed by atoms with van der Waals surface area (Å²) in [7, 11) is 0. The molecule has 106 valence electrons. The summed E-state index contributed by atoms with van der Waals surface area (Å²) >= 11 is 0. The Kier molecular flexibility index (Phi) is 3.59. The minimum absolute atomic E-state index is 0.00668. The van der Waals surface area contributed by atoms with Gasteiger partial charge in [0.15, 0.2) is 0 Å². The molecule has 3 rings (SSSR count). The van der Waals surface area contributed by atoms with Crippen molar-refractivity contribution in [1.29, 1.82) is 5.26 Å². The van der Waals surface area contributed by atoms with Crippen molar-refractivity contribution in [1.82, 2.24) is 4.57 Å². The molecule has 2 N–H and O–H groups in total. The van der Waals surface area contributed by atoms with Crippen molar-refractivity contribution >= 4 is 0 Å². The zero-order chi connectivity index (χ0) is 14.8. The van der Waals surface area contributed by atoms with Crippen molar-refractivity contribution in [2.45, 2.75) is 31.8 Å². The Hall–Kier alpha value is -2.38. The largest absolute Gasteiger partial charge is 0.324 e. The normalized spacial score (nSPS) is 17.0. The van der Waals surface area contributed by atoms with Crippen LogP contribution in [-0.4, -0.2) is 4.57 Å². The number of aromatic nitrogens is 1. The molecule has 0 spiro atoms. The third-order valence-corrected chi connectivity index (χ3v) is 4.08. The highest BCUT2D eigenvalue weighted by molar-refractivity contribution is 5.33. The van der Waals surface area contributed by atoms with Gasteiger partial charge in [0.05, 0.1) is 18.2 Å². The number of benzene rings is 1. The van der Waals surface area contributed by atoms with Gasteiger partial charge in [-0.2, -0.15) is 5.26 Å². The van der Waals surface area contributed by atoms with E-state index in [-0.39, 0.29) is 11.6 Å². The topological polar surface area (TPSA) is 71.8 Å². The molecular weight excluding hydrogens is 262 g/mol. The zero-order valence-electron chi connectivity index (χ0n) is 11.7. The SMILES string of the molecule is N#Cc1ccc(Cn2c3c(ccc2=O)C(N)CCC3)cc1. The Balaban J connectivity index is 2.00. The molecule has 1 atom stereocenters. The van der Waals surface area contributed by atoms with Gasteiger partial charge in [-0.25, -0.2) is 0 Å². The lowest BCUT2D eigenvalue weighted by Gasteiger charge is -2.25. The van der Waals surface area contributed by atoms with E-state index in [1.54, 1.807) is 18.2 Å². The fraction of sp³-hybridized carbons (Fsp3) is 0.294. The van der Waals surface area contributed by atoms with Crippen LogP contribution >= 0.6 is 0 Å². The van der Waals surface area contributed by atoms with Gasteiger partial charge in [-0.05, 0) is 42.5 Å². The van der Waals surface area contributed by atoms with Crippen molar-refractivity contribution in [2.75, 3.05) is 0 Å². The second-order valence-corrected chi connectivity index (χ2v) is 5.47. The van der Waals surface area contributed by atoms with Gasteiger partial charge in [0.25, 0.3) is 5.56 Å². The van der Waals surface area contributed by atoms with Crippen molar-refractivity contribution < 1.29 is 0 Å². The fourth-order valence-corrected chi connectivity index (χ4v) is 2.94. The van der Waals surface area contributed by atoms with E-state index in [2.05, 4.69) is 6.07 Å². The smallest absolute Gasteiger partial charge is 0.251 e. The number of hydrogen-bond donors (Lipinski definition) is 1. The molecule has 1 aromatic carbocycles. The molecule has 2 aromatic rings. The van der Waals surface area contributed by atoms with Crippen LogP contribution in [0.2, 0.25) is 0 Å². The molecule has 0 fully saturated rings. The van der Waals surface area contributed by atoms with Gasteiger partial charge < -0.3 is 10.3 Å². The highest BCUT2D eigenvalue weighted by Crippen LogP contribution is 2.26. The van der Waals surface area contributed by atoms with Gasteiger partial charge in [0, 0.05) is 17.8 Å². The average molecular weight is 279 g/mol. The van der Waals surface area contributed by atoms with E-state index in [0.717, 1.165) is 36.1 Å². The minimum atomic E-state index is 0.00668. The molecule has 0 radical (unpaired) electrons. The molecule has 4 heteroatoms. The molecule has 4 nitrogen and oxygen atoms in total. The monoisotopic (exact) mass is 279 g/mol. The van der Waals surface area contributed by atoms with Gasteiger partial charge in [-0.3, -0.25) is 4.79 Å². The first-order valence-electron chi connectivity index (χ1n) is 7.16. The maximum absolute atomic E-state index is 12.2. The van der Waals surface area contributed by atoms with Crippen molar-refractivity contribution in [3.05, 3.63) is 69.1 Å². The number of nitrogens with two attached hydrogens (primary N) is 1. The first-order chi connectivity index (χ1) is 10.2. The second kappa shape index (κ2) is 5.55. The molecular formula is C17H17N3O. The molecule has 1 aliphatic rings. The number of hydrogen-bond acceptors (Lipinski definition) is 3. The zero-order valence-corrected chi connectivity index (χ0v) is 11.7. The summed E-state index contributed by atoms with van der Waals surface area (Å²) in [4.78, 5) is 12.2. The van der Waals surface area contributed by atoms with Crippen LogP contribution in [0.25, 0.3) is 0 Å². The molecule has 0 amide bonds. The van der Waals surface area contributed by atoms with Gasteiger partial charge >= 0.3 is 0 Å². The third kappa shape index (κ3) is 2.61. The van der Waals surface area contributed by atoms with Gasteiger partial charge in [0.1, 0.15) is 0 Å². The molecule has 1 heterocycles. The van der Waals surface area contributed by atoms with Crippen LogP contribution in [-0.2, 0) is 13.0 Å². The van der Waals surface area contributed by atoms with E-state index in [9.17, 15) is 4.79 Å². The van der Waals surface area contributed by atoms with E-state index in [0.29, 0.717) is 12.1 Å². The first kappa shape index (κ1) is 13.6. The maximum atomic E-state index is 12.2. The van der Waals surface area contributed by atoms with Crippen LogP contribution in [0.3, 0.4) is 0 Å². The molecule has 0 saturated carbocycles. The van der Waals surface area contributed by atoms with E-state index < -0.39 is 0 Å². The van der Waals surface area contributed by atoms with Crippen LogP contribution in [0.5, 0.6) is 0 Å². The van der Waals surface area contributed by atoms with Crippen molar-refractivity contribution in [3.63, 3.8) is 0 Å². The summed E-state index contributed by atoms with van der Waals surface area (Å²) in [6, 6.07) is 13.0. The summed E-state index contributed by atoms with van der Waals surface area (Å²) in [6.07, 6.45) is 2.89. The van der Waals surface area contributed by atoms with Gasteiger partial charge in [0.2, 0.25) is 0 Å². The highest BCUT2D eigenvalue weighted by atomic mass is 16.1. The van der Waals surface area contributed by atoms with E-state index in [1.165, 1.54) is 0 Å². The standard InChI is InChI=1S/C17H17N3O/c18-10-12-4-6-13(7-5-12)11-20-16-3-1-2-15(19)14(16)8-9-17(20)21/h4-9,15H,1-3,11,19H2. The molecule has 1 aliphatic carbocycles. The Labute approximate surface area is 123 Å². The second-order valence-electron chi connectivity index (χ2n) is 5.47. The van der Waals surface area contributed by atoms with Crippen LogP contribution < -0.4 is 11.3 Å². The summed E-state index contributed by atoms with van der Waals surface area (Å²) in [5.74, 6) is 0. The fourth-order valence-electron chi connectivity index (χ4n) is 2.94. The van der Waals surface area contributed by atoms with Crippen LogP contribution in [0.1, 0.15) is 41.3 Å². The lowest BCUT2D eigenvalue weighted by atomic mass is 9.91. The number of rotatable bonds is 2. The molecule has 0 bridgehead atoms. The number of nitriles is 1. The number of pyridine rings is 1. The lowest BCUT2D eigenvalue weighted by molar-refractivity contribution is 0.529. The van der Waals surface area contributed by atoms with Crippen molar-refractivity contribution in [2.24, 2.45) is 5.73 Å². The average Bonchev–Trinajstić information content (AvgIpc) is 2.51. The Morgan fingerprint density at radius 1 is 1.24 bits per heavy atom. The Morgan fingerprint density at radius 2 is 2.00 bits per heavy atom. The predicted molar refractivity (Wildman–Crippen MR) is 80.8 cm³/mol. The first-order valence-corrected chi connectivity index (χ1v) is 7.16. The van der Waals surface area contributed by atoms with E-state index >= 15 is 0 Å². The summed E-state index contributed by atoms with van der Waals surface area (Å²) in [6.45, 7) is 0.528. The quantitative estimate of drug-likeness (QED) is 0.915. The van der Waals surface area contributed by atoms with Crippen molar-refractivity contribution in [3.8, 4) is 6.07 Å². The summed E-state index contributed by atoms with van der Waals surface area (Å²) in [5, 5.41) is 8.83. The van der Waals surface area contributed by atoms with Crippen LogP contribution in [0.15, 0.2) is 41.2 Å². The van der Waals surface area contributed by atoms with E-state index in [4.69, 9.17) is 11.0 Å². The Bertz CT molecular complexity index is 753. The van der Waals surface area contributed by atoms with Gasteiger partial charge in [-0.15, -0.1) is 0 Å². The third-order valence-electron chi connectivity index (χ3n) is 4.08. The highest BCUT2D eigenvalue weighted by Gasteiger charge is 2.20. The lowest BCUT2D eigenvalue weighted by Crippen LogP contribution is -2.29.